The van der Waals surface area contributed by atoms with Gasteiger partial charge in [0.1, 0.15) is 6.17 Å². The molecule has 198 valence electrons. The van der Waals surface area contributed by atoms with Crippen molar-refractivity contribution in [2.75, 3.05) is 6.61 Å². The summed E-state index contributed by atoms with van der Waals surface area (Å²) in [5, 5.41) is 11.4. The minimum Gasteiger partial charge on any atom is -0.457 e. The van der Waals surface area contributed by atoms with Gasteiger partial charge < -0.3 is 14.6 Å². The molecule has 1 N–H and O–H groups in total. The molecule has 5 unspecified atom stereocenters. The number of ether oxygens (including phenoxy) is 2. The Morgan fingerprint density at radius 3 is 2.50 bits per heavy atom. The zero-order valence-corrected chi connectivity index (χ0v) is 21.3. The molecule has 4 rings (SSSR count). The average molecular weight is 509 g/mol. The van der Waals surface area contributed by atoms with E-state index < -0.39 is 82.2 Å². The fourth-order valence-electron chi connectivity index (χ4n) is 7.54. The minimum absolute atomic E-state index is 0.0114. The van der Waals surface area contributed by atoms with Crippen LogP contribution in [0.5, 0.6) is 0 Å². The van der Waals surface area contributed by atoms with E-state index in [1.54, 1.807) is 20.8 Å². The molecule has 0 aromatic rings. The third kappa shape index (κ3) is 3.45. The molecule has 0 aromatic carbocycles. The van der Waals surface area contributed by atoms with Crippen molar-refractivity contribution in [3.8, 4) is 0 Å². The number of ketones is 2. The zero-order chi connectivity index (χ0) is 26.8. The second-order valence-corrected chi connectivity index (χ2v) is 11.5. The van der Waals surface area contributed by atoms with Crippen LogP contribution in [0.15, 0.2) is 23.8 Å². The van der Waals surface area contributed by atoms with Crippen LogP contribution in [0.3, 0.4) is 0 Å². The highest BCUT2D eigenvalue weighted by atomic mass is 19.1. The molecule has 0 spiro atoms. The van der Waals surface area contributed by atoms with Crippen LogP contribution in [-0.2, 0) is 28.7 Å². The molecular formula is C27H34F2O7. The van der Waals surface area contributed by atoms with E-state index in [0.717, 1.165) is 13.0 Å². The number of halogens is 2. The highest BCUT2D eigenvalue weighted by Crippen LogP contribution is 2.70. The van der Waals surface area contributed by atoms with E-state index in [1.807, 2.05) is 0 Å². The third-order valence-corrected chi connectivity index (χ3v) is 9.33. The summed E-state index contributed by atoms with van der Waals surface area (Å²) in [4.78, 5) is 49.7. The largest absolute Gasteiger partial charge is 0.457 e. The Morgan fingerprint density at radius 1 is 1.22 bits per heavy atom. The van der Waals surface area contributed by atoms with E-state index in [0.29, 0.717) is 0 Å². The van der Waals surface area contributed by atoms with Crippen molar-refractivity contribution >= 4 is 23.5 Å². The van der Waals surface area contributed by atoms with E-state index in [9.17, 15) is 24.3 Å². The first-order valence-corrected chi connectivity index (χ1v) is 12.5. The van der Waals surface area contributed by atoms with Gasteiger partial charge in [-0.15, -0.1) is 0 Å². The van der Waals surface area contributed by atoms with Crippen LogP contribution in [0.4, 0.5) is 8.78 Å². The number of aliphatic hydroxyl groups is 1. The van der Waals surface area contributed by atoms with Gasteiger partial charge in [-0.2, -0.15) is 0 Å². The molecule has 9 heteroatoms. The number of fused-ring (bicyclic) bond motifs is 5. The smallest absolute Gasteiger partial charge is 0.308 e. The molecule has 8 atom stereocenters. The van der Waals surface area contributed by atoms with Crippen molar-refractivity contribution in [1.29, 1.82) is 0 Å². The Morgan fingerprint density at radius 2 is 1.89 bits per heavy atom. The van der Waals surface area contributed by atoms with Crippen molar-refractivity contribution in [2.45, 2.75) is 83.8 Å². The number of alkyl halides is 2. The third-order valence-electron chi connectivity index (χ3n) is 9.33. The minimum atomic E-state index is -2.30. The van der Waals surface area contributed by atoms with Gasteiger partial charge in [0, 0.05) is 23.7 Å². The molecule has 0 amide bonds. The lowest BCUT2D eigenvalue weighted by atomic mass is 9.44. The van der Waals surface area contributed by atoms with Crippen LogP contribution < -0.4 is 0 Å². The molecule has 7 nitrogen and oxygen atoms in total. The predicted molar refractivity (Wildman–Crippen MR) is 124 cm³/mol. The van der Waals surface area contributed by atoms with Gasteiger partial charge >= 0.3 is 11.9 Å². The summed E-state index contributed by atoms with van der Waals surface area (Å²) in [6.07, 6.45) is 0.196. The molecule has 0 aromatic heterocycles. The molecule has 0 radical (unpaired) electrons. The first-order valence-electron chi connectivity index (χ1n) is 12.5. The van der Waals surface area contributed by atoms with Crippen LogP contribution in [-0.4, -0.2) is 58.8 Å². The van der Waals surface area contributed by atoms with Gasteiger partial charge in [0.25, 0.3) is 0 Å². The number of carbonyl (C=O) groups is 4. The molecule has 3 fully saturated rings. The fraction of sp³-hybridized carbons (Fsp3) is 0.704. The Balaban J connectivity index is 1.76. The van der Waals surface area contributed by atoms with E-state index in [2.05, 4.69) is 0 Å². The summed E-state index contributed by atoms with van der Waals surface area (Å²) in [5.74, 6) is -4.49. The maximum Gasteiger partial charge on any atom is 0.308 e. The Kier molecular flexibility index (Phi) is 6.34. The number of esters is 2. The monoisotopic (exact) mass is 508 g/mol. The molecular weight excluding hydrogens is 474 g/mol. The molecule has 4 aliphatic carbocycles. The van der Waals surface area contributed by atoms with Gasteiger partial charge in [-0.05, 0) is 56.3 Å². The van der Waals surface area contributed by atoms with Crippen molar-refractivity contribution < 1.29 is 42.5 Å². The lowest BCUT2D eigenvalue weighted by Crippen LogP contribution is -2.70. The number of hydrogen-bond acceptors (Lipinski definition) is 7. The summed E-state index contributed by atoms with van der Waals surface area (Å²) < 4.78 is 43.6. The van der Waals surface area contributed by atoms with Crippen molar-refractivity contribution in [1.82, 2.24) is 0 Å². The molecule has 0 aliphatic heterocycles. The van der Waals surface area contributed by atoms with Crippen LogP contribution in [0.1, 0.15) is 60.3 Å². The zero-order valence-electron chi connectivity index (χ0n) is 21.3. The number of aliphatic hydroxyl groups excluding tert-OH is 1. The lowest BCUT2D eigenvalue weighted by Gasteiger charge is -2.63. The van der Waals surface area contributed by atoms with Gasteiger partial charge in [-0.25, -0.2) is 8.78 Å². The first kappa shape index (κ1) is 26.6. The van der Waals surface area contributed by atoms with E-state index in [-0.39, 0.29) is 31.3 Å². The summed E-state index contributed by atoms with van der Waals surface area (Å²) in [6, 6.07) is 0. The lowest BCUT2D eigenvalue weighted by molar-refractivity contribution is -0.228. The SMILES string of the molecule is CC(=O)O[C@]1(C(=O)COC(=O)C(C)C)CCC2C3C[C@H](F)C4=CC(=O)C=CC4(C)[C@@]3(F)C(O)CC21C. The normalized spacial score (nSPS) is 43.2. The van der Waals surface area contributed by atoms with Gasteiger partial charge in [-0.3, -0.25) is 19.2 Å². The Bertz CT molecular complexity index is 1070. The summed E-state index contributed by atoms with van der Waals surface area (Å²) in [5.41, 5.74) is -6.83. The molecule has 0 heterocycles. The van der Waals surface area contributed by atoms with Crippen LogP contribution in [0.2, 0.25) is 0 Å². The standard InChI is InChI=1S/C27H34F2O7/c1-14(2)23(34)35-13-22(33)26(36-15(3)30)9-7-17-18-11-20(28)19-10-16(31)6-8-24(19,4)27(18,29)21(32)12-25(17,26)5/h6,8,10,14,17-18,20-21,32H,7,9,11-13H2,1-5H3/t17?,18?,20-,21?,24?,25?,26-,27-/m0/s1. The predicted octanol–water partition coefficient (Wildman–Crippen LogP) is 3.38. The summed E-state index contributed by atoms with van der Waals surface area (Å²) in [7, 11) is 0. The number of allylic oxidation sites excluding steroid dienone is 4. The number of hydrogen-bond donors (Lipinski definition) is 1. The van der Waals surface area contributed by atoms with Gasteiger partial charge in [0.05, 0.1) is 12.0 Å². The van der Waals surface area contributed by atoms with Crippen LogP contribution in [0, 0.1) is 28.6 Å². The van der Waals surface area contributed by atoms with E-state index >= 15 is 8.78 Å². The highest BCUT2D eigenvalue weighted by molar-refractivity contribution is 6.01. The second kappa shape index (κ2) is 8.57. The van der Waals surface area contributed by atoms with E-state index in [4.69, 9.17) is 9.47 Å². The molecule has 36 heavy (non-hydrogen) atoms. The number of carbonyl (C=O) groups excluding carboxylic acids is 4. The molecule has 0 bridgehead atoms. The van der Waals surface area contributed by atoms with Gasteiger partial charge in [0.2, 0.25) is 5.78 Å². The molecule has 3 saturated carbocycles. The fourth-order valence-corrected chi connectivity index (χ4v) is 7.54. The molecule has 0 saturated heterocycles. The van der Waals surface area contributed by atoms with Crippen molar-refractivity contribution in [3.05, 3.63) is 23.8 Å². The molecule has 4 aliphatic rings. The van der Waals surface area contributed by atoms with E-state index in [1.165, 1.54) is 19.1 Å². The number of Topliss-reactive ketones (excluding diaryl/α,β-unsaturated/α-hetero) is 1. The second-order valence-electron chi connectivity index (χ2n) is 11.5. The first-order chi connectivity index (χ1) is 16.6. The topological polar surface area (TPSA) is 107 Å². The quantitative estimate of drug-likeness (QED) is 0.568. The number of rotatable bonds is 5. The summed E-state index contributed by atoms with van der Waals surface area (Å²) in [6.45, 7) is 6.93. The Labute approximate surface area is 209 Å². The van der Waals surface area contributed by atoms with Crippen LogP contribution in [0.25, 0.3) is 0 Å². The maximum absolute atomic E-state index is 17.2. The maximum atomic E-state index is 17.2. The van der Waals surface area contributed by atoms with Gasteiger partial charge in [0.15, 0.2) is 23.7 Å². The van der Waals surface area contributed by atoms with Gasteiger partial charge in [-0.1, -0.05) is 26.8 Å². The van der Waals surface area contributed by atoms with Crippen molar-refractivity contribution in [3.63, 3.8) is 0 Å². The van der Waals surface area contributed by atoms with Crippen LogP contribution >= 0.6 is 0 Å². The Hall–Kier alpha value is -2.42. The average Bonchev–Trinajstić information content (AvgIpc) is 3.07. The highest BCUT2D eigenvalue weighted by Gasteiger charge is 2.76. The van der Waals surface area contributed by atoms with Crippen molar-refractivity contribution in [2.24, 2.45) is 28.6 Å². The summed E-state index contributed by atoms with van der Waals surface area (Å²) >= 11 is 0.